The Labute approximate surface area is 161 Å². The van der Waals surface area contributed by atoms with Crippen molar-refractivity contribution < 1.29 is 4.79 Å². The summed E-state index contributed by atoms with van der Waals surface area (Å²) in [5.74, 6) is 0.474. The maximum absolute atomic E-state index is 12.8. The second-order valence-electron chi connectivity index (χ2n) is 7.71. The van der Waals surface area contributed by atoms with E-state index in [1.54, 1.807) is 6.20 Å². The topological polar surface area (TPSA) is 59.0 Å². The molecule has 1 aromatic heterocycles. The molecule has 0 spiro atoms. The summed E-state index contributed by atoms with van der Waals surface area (Å²) in [6.07, 6.45) is 6.23. The summed E-state index contributed by atoms with van der Waals surface area (Å²) in [5, 5.41) is 11.1. The Morgan fingerprint density at radius 3 is 2.62 bits per heavy atom. The average Bonchev–Trinajstić information content (AvgIpc) is 3.39. The van der Waals surface area contributed by atoms with Gasteiger partial charge in [-0.2, -0.15) is 5.10 Å². The summed E-state index contributed by atoms with van der Waals surface area (Å²) < 4.78 is 1.94. The van der Waals surface area contributed by atoms with Crippen LogP contribution in [0.25, 0.3) is 5.69 Å². The smallest absolute Gasteiger partial charge is 0.254 e. The third-order valence-corrected chi connectivity index (χ3v) is 5.50. The summed E-state index contributed by atoms with van der Waals surface area (Å²) >= 11 is 0. The predicted octanol–water partition coefficient (Wildman–Crippen LogP) is 3.29. The molecule has 0 atom stereocenters. The van der Waals surface area contributed by atoms with Crippen LogP contribution in [0, 0.1) is 5.41 Å². The van der Waals surface area contributed by atoms with E-state index in [2.05, 4.69) is 22.7 Å². The Bertz CT molecular complexity index is 748. The zero-order valence-electron chi connectivity index (χ0n) is 15.2. The van der Waals surface area contributed by atoms with Crippen molar-refractivity contribution in [2.45, 2.75) is 38.5 Å². The molecule has 2 heterocycles. The molecule has 1 saturated heterocycles. The monoisotopic (exact) mass is 374 g/mol. The molecule has 4 rings (SSSR count). The number of rotatable bonds is 5. The average molecular weight is 375 g/mol. The first kappa shape index (κ1) is 18.9. The predicted molar refractivity (Wildman–Crippen MR) is 105 cm³/mol. The highest BCUT2D eigenvalue weighted by molar-refractivity contribution is 5.95. The lowest BCUT2D eigenvalue weighted by molar-refractivity contribution is 0.0921. The third kappa shape index (κ3) is 3.94. The van der Waals surface area contributed by atoms with Crippen LogP contribution in [0.4, 0.5) is 0 Å². The molecule has 0 bridgehead atoms. The van der Waals surface area contributed by atoms with Crippen molar-refractivity contribution in [3.05, 3.63) is 47.8 Å². The summed E-state index contributed by atoms with van der Waals surface area (Å²) in [6, 6.07) is 10.1. The minimum absolute atomic E-state index is 0. The number of nitrogens with zero attached hydrogens (tertiary/aromatic N) is 2. The standard InChI is InChI=1S/C20H26N4O.ClH/c1-20(9-11-21-12-10-20)14-22-19(25)17-13-23-24(18(17)15-7-8-15)16-5-3-2-4-6-16;/h2-6,13,15,21H,7-12,14H2,1H3,(H,22,25);1H. The van der Waals surface area contributed by atoms with Crippen LogP contribution >= 0.6 is 12.4 Å². The van der Waals surface area contributed by atoms with Gasteiger partial charge in [0.1, 0.15) is 0 Å². The van der Waals surface area contributed by atoms with Crippen LogP contribution in [0.15, 0.2) is 36.5 Å². The molecule has 5 nitrogen and oxygen atoms in total. The van der Waals surface area contributed by atoms with E-state index in [-0.39, 0.29) is 23.7 Å². The number of hydrogen-bond donors (Lipinski definition) is 2. The minimum atomic E-state index is 0. The number of halogens is 1. The first-order valence-electron chi connectivity index (χ1n) is 9.29. The lowest BCUT2D eigenvalue weighted by Gasteiger charge is -2.34. The van der Waals surface area contributed by atoms with Gasteiger partial charge in [-0.25, -0.2) is 4.68 Å². The molecule has 140 valence electrons. The van der Waals surface area contributed by atoms with E-state index in [0.29, 0.717) is 5.92 Å². The van der Waals surface area contributed by atoms with Crippen molar-refractivity contribution in [3.8, 4) is 5.69 Å². The maximum Gasteiger partial charge on any atom is 0.254 e. The van der Waals surface area contributed by atoms with Gasteiger partial charge in [0.15, 0.2) is 0 Å². The number of carbonyl (C=O) groups is 1. The molecule has 0 radical (unpaired) electrons. The normalized spacial score (nSPS) is 18.8. The molecule has 6 heteroatoms. The van der Waals surface area contributed by atoms with Gasteiger partial charge in [-0.3, -0.25) is 4.79 Å². The van der Waals surface area contributed by atoms with Crippen molar-refractivity contribution in [1.29, 1.82) is 0 Å². The van der Waals surface area contributed by atoms with Gasteiger partial charge in [0.25, 0.3) is 5.91 Å². The molecule has 2 aliphatic rings. The second kappa shape index (κ2) is 7.80. The zero-order chi connectivity index (χ0) is 17.3. The van der Waals surface area contributed by atoms with Crippen LogP contribution in [0.5, 0.6) is 0 Å². The molecule has 2 fully saturated rings. The van der Waals surface area contributed by atoms with Gasteiger partial charge in [0, 0.05) is 12.5 Å². The summed E-state index contributed by atoms with van der Waals surface area (Å²) in [4.78, 5) is 12.8. The fourth-order valence-corrected chi connectivity index (χ4v) is 3.65. The Hall–Kier alpha value is -1.85. The van der Waals surface area contributed by atoms with Crippen LogP contribution < -0.4 is 10.6 Å². The first-order chi connectivity index (χ1) is 12.2. The van der Waals surface area contributed by atoms with E-state index in [1.165, 1.54) is 0 Å². The molecule has 1 aliphatic carbocycles. The van der Waals surface area contributed by atoms with E-state index < -0.39 is 0 Å². The van der Waals surface area contributed by atoms with Gasteiger partial charge >= 0.3 is 0 Å². The fourth-order valence-electron chi connectivity index (χ4n) is 3.65. The molecule has 1 aromatic carbocycles. The summed E-state index contributed by atoms with van der Waals surface area (Å²) in [5.41, 5.74) is 3.02. The largest absolute Gasteiger partial charge is 0.351 e. The van der Waals surface area contributed by atoms with Gasteiger partial charge in [-0.15, -0.1) is 12.4 Å². The molecule has 1 saturated carbocycles. The van der Waals surface area contributed by atoms with Crippen LogP contribution in [-0.4, -0.2) is 35.3 Å². The maximum atomic E-state index is 12.8. The molecule has 2 aromatic rings. The number of hydrogen-bond acceptors (Lipinski definition) is 3. The SMILES string of the molecule is CC1(CNC(=O)c2cnn(-c3ccccc3)c2C2CC2)CCNCC1.Cl. The Balaban J connectivity index is 0.00000196. The van der Waals surface area contributed by atoms with Gasteiger partial charge in [0.2, 0.25) is 0 Å². The van der Waals surface area contributed by atoms with Crippen LogP contribution in [-0.2, 0) is 0 Å². The fraction of sp³-hybridized carbons (Fsp3) is 0.500. The number of piperidine rings is 1. The molecule has 0 unspecified atom stereocenters. The number of carbonyl (C=O) groups excluding carboxylic acids is 1. The Morgan fingerprint density at radius 2 is 1.96 bits per heavy atom. The highest BCUT2D eigenvalue weighted by Crippen LogP contribution is 2.42. The highest BCUT2D eigenvalue weighted by Gasteiger charge is 2.34. The molecule has 26 heavy (non-hydrogen) atoms. The highest BCUT2D eigenvalue weighted by atomic mass is 35.5. The second-order valence-corrected chi connectivity index (χ2v) is 7.71. The first-order valence-corrected chi connectivity index (χ1v) is 9.29. The summed E-state index contributed by atoms with van der Waals surface area (Å²) in [7, 11) is 0. The Kier molecular flexibility index (Phi) is 5.68. The van der Waals surface area contributed by atoms with Gasteiger partial charge < -0.3 is 10.6 Å². The van der Waals surface area contributed by atoms with Crippen LogP contribution in [0.1, 0.15) is 54.6 Å². The lowest BCUT2D eigenvalue weighted by atomic mass is 9.81. The third-order valence-electron chi connectivity index (χ3n) is 5.50. The molecule has 1 aliphatic heterocycles. The minimum Gasteiger partial charge on any atom is -0.351 e. The summed E-state index contributed by atoms with van der Waals surface area (Å²) in [6.45, 7) is 5.06. The number of nitrogens with one attached hydrogen (secondary N) is 2. The van der Waals surface area contributed by atoms with E-state index in [9.17, 15) is 4.79 Å². The van der Waals surface area contributed by atoms with E-state index in [0.717, 1.165) is 62.3 Å². The van der Waals surface area contributed by atoms with Crippen molar-refractivity contribution in [2.24, 2.45) is 5.41 Å². The van der Waals surface area contributed by atoms with Crippen molar-refractivity contribution in [3.63, 3.8) is 0 Å². The van der Waals surface area contributed by atoms with Gasteiger partial charge in [0.05, 0.1) is 23.1 Å². The van der Waals surface area contributed by atoms with E-state index in [4.69, 9.17) is 0 Å². The number of benzene rings is 1. The van der Waals surface area contributed by atoms with Crippen LogP contribution in [0.3, 0.4) is 0 Å². The molecule has 2 N–H and O–H groups in total. The molecule has 1 amide bonds. The molecular formula is C20H27ClN4O. The zero-order valence-corrected chi connectivity index (χ0v) is 16.0. The van der Waals surface area contributed by atoms with Gasteiger partial charge in [-0.1, -0.05) is 25.1 Å². The number of para-hydroxylation sites is 1. The molecular weight excluding hydrogens is 348 g/mol. The van der Waals surface area contributed by atoms with Crippen molar-refractivity contribution in [1.82, 2.24) is 20.4 Å². The lowest BCUT2D eigenvalue weighted by Crippen LogP contribution is -2.43. The number of amides is 1. The quantitative estimate of drug-likeness (QED) is 0.844. The van der Waals surface area contributed by atoms with Crippen LogP contribution in [0.2, 0.25) is 0 Å². The number of aromatic nitrogens is 2. The van der Waals surface area contributed by atoms with Gasteiger partial charge in [-0.05, 0) is 56.3 Å². The Morgan fingerprint density at radius 1 is 1.27 bits per heavy atom. The van der Waals surface area contributed by atoms with Crippen molar-refractivity contribution in [2.75, 3.05) is 19.6 Å². The van der Waals surface area contributed by atoms with Crippen molar-refractivity contribution >= 4 is 18.3 Å². The van der Waals surface area contributed by atoms with E-state index in [1.807, 2.05) is 35.0 Å². The van der Waals surface area contributed by atoms with E-state index >= 15 is 0 Å².